The molecule has 1 atom stereocenters. The van der Waals surface area contributed by atoms with E-state index in [1.165, 1.54) is 0 Å². The summed E-state index contributed by atoms with van der Waals surface area (Å²) in [6.07, 6.45) is 0.343. The number of nitrogens with zero attached hydrogens (tertiary/aromatic N) is 2. The van der Waals surface area contributed by atoms with Gasteiger partial charge >= 0.3 is 0 Å². The molecule has 0 aliphatic heterocycles. The minimum absolute atomic E-state index is 0.362. The van der Waals surface area contributed by atoms with Gasteiger partial charge in [-0.15, -0.1) is 0 Å². The number of nitrogens with one attached hydrogen (secondary N) is 2. The Labute approximate surface area is 101 Å². The van der Waals surface area contributed by atoms with Crippen LogP contribution < -0.4 is 10.6 Å². The molecular formula is C11H20N4O2. The van der Waals surface area contributed by atoms with E-state index in [1.807, 2.05) is 6.92 Å². The monoisotopic (exact) mass is 240 g/mol. The van der Waals surface area contributed by atoms with Crippen LogP contribution in [0.15, 0.2) is 6.07 Å². The highest BCUT2D eigenvalue weighted by atomic mass is 16.5. The average molecular weight is 240 g/mol. The summed E-state index contributed by atoms with van der Waals surface area (Å²) in [6.45, 7) is 2.77. The normalized spacial score (nSPS) is 12.2. The van der Waals surface area contributed by atoms with Gasteiger partial charge in [0.1, 0.15) is 18.2 Å². The van der Waals surface area contributed by atoms with Gasteiger partial charge in [0, 0.05) is 26.8 Å². The maximum Gasteiger partial charge on any atom is 0.158 e. The summed E-state index contributed by atoms with van der Waals surface area (Å²) in [7, 11) is 3.40. The first kappa shape index (κ1) is 13.7. The van der Waals surface area contributed by atoms with Gasteiger partial charge in [0.2, 0.25) is 0 Å². The van der Waals surface area contributed by atoms with Crippen molar-refractivity contribution in [1.82, 2.24) is 9.97 Å². The molecule has 0 aromatic carbocycles. The van der Waals surface area contributed by atoms with Crippen LogP contribution in [0.1, 0.15) is 19.2 Å². The predicted molar refractivity (Wildman–Crippen MR) is 67.1 cm³/mol. The molecule has 1 aromatic heterocycles. The molecule has 3 N–H and O–H groups in total. The molecule has 0 aliphatic carbocycles. The first-order valence-electron chi connectivity index (χ1n) is 5.66. The lowest BCUT2D eigenvalue weighted by Gasteiger charge is -2.12. The van der Waals surface area contributed by atoms with E-state index in [9.17, 15) is 5.11 Å². The summed E-state index contributed by atoms with van der Waals surface area (Å²) in [6, 6.07) is 1.79. The van der Waals surface area contributed by atoms with Gasteiger partial charge in [0.05, 0.1) is 6.10 Å². The summed E-state index contributed by atoms with van der Waals surface area (Å²) in [5.41, 5.74) is 0. The molecule has 0 aliphatic rings. The number of rotatable bonds is 7. The third-order valence-electron chi connectivity index (χ3n) is 2.29. The zero-order valence-electron chi connectivity index (χ0n) is 10.5. The topological polar surface area (TPSA) is 79.3 Å². The van der Waals surface area contributed by atoms with Crippen molar-refractivity contribution in [2.24, 2.45) is 0 Å². The molecule has 0 saturated heterocycles. The van der Waals surface area contributed by atoms with Crippen molar-refractivity contribution in [2.45, 2.75) is 26.1 Å². The Hall–Kier alpha value is -1.40. The minimum atomic E-state index is -0.367. The van der Waals surface area contributed by atoms with E-state index in [1.54, 1.807) is 20.2 Å². The Morgan fingerprint density at radius 1 is 1.41 bits per heavy atom. The molecule has 0 radical (unpaired) electrons. The van der Waals surface area contributed by atoms with Crippen molar-refractivity contribution < 1.29 is 9.84 Å². The van der Waals surface area contributed by atoms with Crippen LogP contribution in [0, 0.1) is 0 Å². The molecule has 6 nitrogen and oxygen atoms in total. The molecular weight excluding hydrogens is 220 g/mol. The lowest BCUT2D eigenvalue weighted by atomic mass is 10.3. The smallest absolute Gasteiger partial charge is 0.158 e. The van der Waals surface area contributed by atoms with Gasteiger partial charge in [-0.05, 0) is 6.42 Å². The largest absolute Gasteiger partial charge is 0.391 e. The highest BCUT2D eigenvalue weighted by Crippen LogP contribution is 2.11. The maximum absolute atomic E-state index is 9.47. The second-order valence-corrected chi connectivity index (χ2v) is 3.68. The number of methoxy groups -OCH3 is 1. The second-order valence-electron chi connectivity index (χ2n) is 3.68. The fourth-order valence-electron chi connectivity index (χ4n) is 1.28. The highest BCUT2D eigenvalue weighted by Gasteiger charge is 2.05. The first-order chi connectivity index (χ1) is 8.19. The SMILES string of the molecule is CCC(O)CNc1cc(NC)nc(COC)n1. The van der Waals surface area contributed by atoms with Gasteiger partial charge in [0.25, 0.3) is 0 Å². The molecule has 1 unspecified atom stereocenters. The average Bonchev–Trinajstić information content (AvgIpc) is 2.36. The summed E-state index contributed by atoms with van der Waals surface area (Å²) < 4.78 is 5.00. The summed E-state index contributed by atoms with van der Waals surface area (Å²) in [4.78, 5) is 8.52. The van der Waals surface area contributed by atoms with Crippen LogP contribution in [-0.2, 0) is 11.3 Å². The van der Waals surface area contributed by atoms with Crippen LogP contribution in [0.4, 0.5) is 11.6 Å². The van der Waals surface area contributed by atoms with Crippen molar-refractivity contribution in [3.05, 3.63) is 11.9 Å². The van der Waals surface area contributed by atoms with Crippen LogP contribution in [0.25, 0.3) is 0 Å². The Morgan fingerprint density at radius 3 is 2.71 bits per heavy atom. The molecule has 1 aromatic rings. The fourth-order valence-corrected chi connectivity index (χ4v) is 1.28. The van der Waals surface area contributed by atoms with Crippen LogP contribution >= 0.6 is 0 Å². The van der Waals surface area contributed by atoms with Gasteiger partial charge in [-0.25, -0.2) is 9.97 Å². The third-order valence-corrected chi connectivity index (χ3v) is 2.29. The standard InChI is InChI=1S/C11H20N4O2/c1-4-8(16)6-13-10-5-9(12-2)14-11(15-10)7-17-3/h5,8,16H,4,6-7H2,1-3H3,(H2,12,13,14,15). The van der Waals surface area contributed by atoms with Gasteiger partial charge < -0.3 is 20.5 Å². The Kier molecular flexibility index (Phi) is 5.65. The number of ether oxygens (including phenoxy) is 1. The fraction of sp³-hybridized carbons (Fsp3) is 0.636. The second kappa shape index (κ2) is 7.03. The van der Waals surface area contributed by atoms with Crippen molar-refractivity contribution >= 4 is 11.6 Å². The van der Waals surface area contributed by atoms with Crippen molar-refractivity contribution in [3.8, 4) is 0 Å². The van der Waals surface area contributed by atoms with E-state index in [0.29, 0.717) is 31.2 Å². The lowest BCUT2D eigenvalue weighted by molar-refractivity contribution is 0.177. The van der Waals surface area contributed by atoms with Crippen molar-refractivity contribution in [1.29, 1.82) is 0 Å². The van der Waals surface area contributed by atoms with Crippen molar-refractivity contribution in [2.75, 3.05) is 31.3 Å². The number of aliphatic hydroxyl groups is 1. The molecule has 0 bridgehead atoms. The van der Waals surface area contributed by atoms with Gasteiger partial charge in [0.15, 0.2) is 5.82 Å². The zero-order chi connectivity index (χ0) is 12.7. The Balaban J connectivity index is 2.72. The van der Waals surface area contributed by atoms with Crippen LogP contribution in [0.2, 0.25) is 0 Å². The molecule has 1 heterocycles. The zero-order valence-corrected chi connectivity index (χ0v) is 10.5. The third kappa shape index (κ3) is 4.54. The number of aromatic nitrogens is 2. The quantitative estimate of drug-likeness (QED) is 0.655. The number of hydrogen-bond donors (Lipinski definition) is 3. The van der Waals surface area contributed by atoms with E-state index >= 15 is 0 Å². The number of hydrogen-bond acceptors (Lipinski definition) is 6. The predicted octanol–water partition coefficient (Wildman–Crippen LogP) is 0.847. The van der Waals surface area contributed by atoms with Crippen LogP contribution in [0.5, 0.6) is 0 Å². The molecule has 0 amide bonds. The number of aliphatic hydroxyl groups excluding tert-OH is 1. The minimum Gasteiger partial charge on any atom is -0.391 e. The van der Waals surface area contributed by atoms with E-state index in [0.717, 1.165) is 5.82 Å². The summed E-state index contributed by atoms with van der Waals surface area (Å²) >= 11 is 0. The molecule has 96 valence electrons. The highest BCUT2D eigenvalue weighted by molar-refractivity contribution is 5.47. The number of anilines is 2. The van der Waals surface area contributed by atoms with Crippen LogP contribution in [0.3, 0.4) is 0 Å². The van der Waals surface area contributed by atoms with Gasteiger partial charge in [-0.1, -0.05) is 6.92 Å². The Bertz CT molecular complexity index is 346. The van der Waals surface area contributed by atoms with E-state index in [-0.39, 0.29) is 6.10 Å². The molecule has 1 rings (SSSR count). The lowest BCUT2D eigenvalue weighted by Crippen LogP contribution is -2.19. The molecule has 0 spiro atoms. The van der Waals surface area contributed by atoms with E-state index in [4.69, 9.17) is 4.74 Å². The molecule has 6 heteroatoms. The Morgan fingerprint density at radius 2 is 2.12 bits per heavy atom. The molecule has 0 fully saturated rings. The van der Waals surface area contributed by atoms with Crippen LogP contribution in [-0.4, -0.2) is 41.9 Å². The van der Waals surface area contributed by atoms with Gasteiger partial charge in [-0.2, -0.15) is 0 Å². The van der Waals surface area contributed by atoms with E-state index < -0.39 is 0 Å². The first-order valence-corrected chi connectivity index (χ1v) is 5.66. The van der Waals surface area contributed by atoms with E-state index in [2.05, 4.69) is 20.6 Å². The summed E-state index contributed by atoms with van der Waals surface area (Å²) in [5.74, 6) is 2.01. The summed E-state index contributed by atoms with van der Waals surface area (Å²) in [5, 5.41) is 15.5. The molecule has 0 saturated carbocycles. The van der Waals surface area contributed by atoms with Crippen molar-refractivity contribution in [3.63, 3.8) is 0 Å². The molecule has 17 heavy (non-hydrogen) atoms. The maximum atomic E-state index is 9.47. The van der Waals surface area contributed by atoms with Gasteiger partial charge in [-0.3, -0.25) is 0 Å².